The van der Waals surface area contributed by atoms with Crippen molar-refractivity contribution in [2.45, 2.75) is 26.3 Å². The maximum Gasteiger partial charge on any atom is 0.573 e. The second kappa shape index (κ2) is 6.62. The van der Waals surface area contributed by atoms with Gasteiger partial charge in [-0.1, -0.05) is 12.1 Å². The summed E-state index contributed by atoms with van der Waals surface area (Å²) in [4.78, 5) is 0. The van der Waals surface area contributed by atoms with Gasteiger partial charge in [-0.25, -0.2) is 0 Å². The number of aromatic nitrogens is 1. The first-order valence-electron chi connectivity index (χ1n) is 6.50. The minimum atomic E-state index is -4.69. The van der Waals surface area contributed by atoms with E-state index in [1.54, 1.807) is 6.07 Å². The summed E-state index contributed by atoms with van der Waals surface area (Å²) in [5.41, 5.74) is 1.38. The predicted molar refractivity (Wildman–Crippen MR) is 70.6 cm³/mol. The Morgan fingerprint density at radius 1 is 1.24 bits per heavy atom. The van der Waals surface area contributed by atoms with Crippen molar-refractivity contribution in [2.24, 2.45) is 0 Å². The van der Waals surface area contributed by atoms with E-state index in [0.29, 0.717) is 17.9 Å². The van der Waals surface area contributed by atoms with Gasteiger partial charge in [0.25, 0.3) is 0 Å². The zero-order valence-electron chi connectivity index (χ0n) is 11.4. The number of benzene rings is 1. The molecule has 21 heavy (non-hydrogen) atoms. The summed E-state index contributed by atoms with van der Waals surface area (Å²) in [5, 5.41) is 7.08. The van der Waals surface area contributed by atoms with Crippen molar-refractivity contribution >= 4 is 0 Å². The summed E-state index contributed by atoms with van der Waals surface area (Å²) in [6.45, 7) is 3.53. The van der Waals surface area contributed by atoms with E-state index in [1.165, 1.54) is 24.3 Å². The van der Waals surface area contributed by atoms with Crippen LogP contribution in [0.4, 0.5) is 13.2 Å². The first-order chi connectivity index (χ1) is 9.98. The lowest BCUT2D eigenvalue weighted by Crippen LogP contribution is -2.16. The molecule has 0 atom stereocenters. The summed E-state index contributed by atoms with van der Waals surface area (Å²) in [7, 11) is 0. The monoisotopic (exact) mass is 300 g/mol. The van der Waals surface area contributed by atoms with Gasteiger partial charge in [0.05, 0.1) is 5.69 Å². The summed E-state index contributed by atoms with van der Waals surface area (Å²) < 4.78 is 45.2. The number of nitrogens with zero attached hydrogens (tertiary/aromatic N) is 1. The normalized spacial score (nSPS) is 11.6. The Bertz CT molecular complexity index is 564. The van der Waals surface area contributed by atoms with E-state index in [-0.39, 0.29) is 5.75 Å². The smallest absolute Gasteiger partial charge is 0.406 e. The minimum absolute atomic E-state index is 0.268. The molecule has 0 unspecified atom stereocenters. The van der Waals surface area contributed by atoms with Crippen LogP contribution < -0.4 is 10.1 Å². The van der Waals surface area contributed by atoms with Crippen molar-refractivity contribution in [3.63, 3.8) is 0 Å². The van der Waals surface area contributed by atoms with Crippen molar-refractivity contribution < 1.29 is 22.4 Å². The first-order valence-corrected chi connectivity index (χ1v) is 6.50. The van der Waals surface area contributed by atoms with Gasteiger partial charge in [-0.2, -0.15) is 0 Å². The van der Waals surface area contributed by atoms with Crippen LogP contribution in [0.1, 0.15) is 19.0 Å². The number of rotatable bonds is 6. The highest BCUT2D eigenvalue weighted by Gasteiger charge is 2.31. The van der Waals surface area contributed by atoms with Crippen LogP contribution in [0.15, 0.2) is 34.9 Å². The van der Waals surface area contributed by atoms with Gasteiger partial charge in [-0.15, -0.1) is 13.2 Å². The maximum absolute atomic E-state index is 12.1. The fourth-order valence-corrected chi connectivity index (χ4v) is 1.75. The molecule has 0 aliphatic carbocycles. The molecule has 0 saturated heterocycles. The number of halogens is 3. The second-order valence-corrected chi connectivity index (χ2v) is 4.43. The second-order valence-electron chi connectivity index (χ2n) is 4.43. The minimum Gasteiger partial charge on any atom is -0.406 e. The number of hydrogen-bond acceptors (Lipinski definition) is 4. The average molecular weight is 300 g/mol. The highest BCUT2D eigenvalue weighted by Crippen LogP contribution is 2.26. The molecule has 1 aromatic heterocycles. The van der Waals surface area contributed by atoms with Gasteiger partial charge in [-0.05, 0) is 37.2 Å². The van der Waals surface area contributed by atoms with Gasteiger partial charge in [-0.3, -0.25) is 0 Å². The SMILES string of the molecule is CCCNCc1cc(-c2ccc(OC(F)(F)F)cc2)on1. The van der Waals surface area contributed by atoms with Gasteiger partial charge in [0.15, 0.2) is 5.76 Å². The van der Waals surface area contributed by atoms with Crippen molar-refractivity contribution in [1.82, 2.24) is 10.5 Å². The highest BCUT2D eigenvalue weighted by atomic mass is 19.4. The molecule has 0 radical (unpaired) electrons. The molecule has 2 aromatic rings. The van der Waals surface area contributed by atoms with Crippen LogP contribution in [0.3, 0.4) is 0 Å². The molecule has 0 aliphatic rings. The van der Waals surface area contributed by atoms with E-state index < -0.39 is 6.36 Å². The fourth-order valence-electron chi connectivity index (χ4n) is 1.75. The number of hydrogen-bond donors (Lipinski definition) is 1. The zero-order valence-corrected chi connectivity index (χ0v) is 11.4. The Labute approximate surface area is 119 Å². The predicted octanol–water partition coefficient (Wildman–Crippen LogP) is 3.74. The number of alkyl halides is 3. The van der Waals surface area contributed by atoms with Crippen LogP contribution >= 0.6 is 0 Å². The molecule has 0 aliphatic heterocycles. The van der Waals surface area contributed by atoms with Crippen LogP contribution in [0.5, 0.6) is 5.75 Å². The van der Waals surface area contributed by atoms with Crippen LogP contribution in [-0.4, -0.2) is 18.1 Å². The van der Waals surface area contributed by atoms with Crippen LogP contribution in [0.2, 0.25) is 0 Å². The maximum atomic E-state index is 12.1. The summed E-state index contributed by atoms with van der Waals surface area (Å²) in [6.07, 6.45) is -3.67. The molecule has 0 amide bonds. The Morgan fingerprint density at radius 3 is 2.57 bits per heavy atom. The van der Waals surface area contributed by atoms with Gasteiger partial charge >= 0.3 is 6.36 Å². The third-order valence-electron chi connectivity index (χ3n) is 2.66. The molecule has 0 bridgehead atoms. The first kappa shape index (κ1) is 15.4. The molecule has 4 nitrogen and oxygen atoms in total. The van der Waals surface area contributed by atoms with Crippen molar-refractivity contribution in [3.8, 4) is 17.1 Å². The van der Waals surface area contributed by atoms with Crippen molar-refractivity contribution in [2.75, 3.05) is 6.54 Å². The Kier molecular flexibility index (Phi) is 4.85. The molecule has 1 aromatic carbocycles. The molecular weight excluding hydrogens is 285 g/mol. The number of ether oxygens (including phenoxy) is 1. The standard InChI is InChI=1S/C14H15F3N2O2/c1-2-7-18-9-11-8-13(21-19-11)10-3-5-12(6-4-10)20-14(15,16)17/h3-6,8,18H,2,7,9H2,1H3. The third-order valence-corrected chi connectivity index (χ3v) is 2.66. The zero-order chi connectivity index (χ0) is 15.3. The Balaban J connectivity index is 2.02. The average Bonchev–Trinajstić information content (AvgIpc) is 2.87. The van der Waals surface area contributed by atoms with Crippen LogP contribution in [0, 0.1) is 0 Å². The van der Waals surface area contributed by atoms with E-state index in [0.717, 1.165) is 18.7 Å². The van der Waals surface area contributed by atoms with Crippen LogP contribution in [-0.2, 0) is 6.54 Å². The Morgan fingerprint density at radius 2 is 1.95 bits per heavy atom. The highest BCUT2D eigenvalue weighted by molar-refractivity contribution is 5.58. The van der Waals surface area contributed by atoms with Crippen molar-refractivity contribution in [1.29, 1.82) is 0 Å². The van der Waals surface area contributed by atoms with Crippen molar-refractivity contribution in [3.05, 3.63) is 36.0 Å². The quantitative estimate of drug-likeness (QED) is 0.826. The lowest BCUT2D eigenvalue weighted by molar-refractivity contribution is -0.274. The largest absolute Gasteiger partial charge is 0.573 e. The Hall–Kier alpha value is -2.02. The summed E-state index contributed by atoms with van der Waals surface area (Å²) in [5.74, 6) is 0.234. The van der Waals surface area contributed by atoms with Gasteiger partial charge in [0, 0.05) is 18.2 Å². The van der Waals surface area contributed by atoms with E-state index in [1.807, 2.05) is 0 Å². The summed E-state index contributed by atoms with van der Waals surface area (Å²) >= 11 is 0. The third kappa shape index (κ3) is 4.78. The lowest BCUT2D eigenvalue weighted by atomic mass is 10.1. The number of nitrogens with one attached hydrogen (secondary N) is 1. The molecule has 1 heterocycles. The van der Waals surface area contributed by atoms with E-state index in [2.05, 4.69) is 22.1 Å². The molecule has 0 saturated carbocycles. The molecular formula is C14H15F3N2O2. The van der Waals surface area contributed by atoms with Crippen LogP contribution in [0.25, 0.3) is 11.3 Å². The molecule has 1 N–H and O–H groups in total. The van der Waals surface area contributed by atoms with E-state index >= 15 is 0 Å². The molecule has 0 spiro atoms. The molecule has 7 heteroatoms. The van der Waals surface area contributed by atoms with Gasteiger partial charge in [0.1, 0.15) is 5.75 Å². The lowest BCUT2D eigenvalue weighted by Gasteiger charge is -2.08. The topological polar surface area (TPSA) is 47.3 Å². The van der Waals surface area contributed by atoms with E-state index in [4.69, 9.17) is 4.52 Å². The molecule has 0 fully saturated rings. The molecule has 114 valence electrons. The van der Waals surface area contributed by atoms with E-state index in [9.17, 15) is 13.2 Å². The molecule has 2 rings (SSSR count). The fraction of sp³-hybridized carbons (Fsp3) is 0.357. The summed E-state index contributed by atoms with van der Waals surface area (Å²) in [6, 6.07) is 7.21. The van der Waals surface area contributed by atoms with Gasteiger partial charge < -0.3 is 14.6 Å². The van der Waals surface area contributed by atoms with Gasteiger partial charge in [0.2, 0.25) is 0 Å².